The summed E-state index contributed by atoms with van der Waals surface area (Å²) in [5, 5.41) is 6.83. The fourth-order valence-electron chi connectivity index (χ4n) is 3.08. The highest BCUT2D eigenvalue weighted by molar-refractivity contribution is 5.94. The fourth-order valence-corrected chi connectivity index (χ4v) is 3.08. The van der Waals surface area contributed by atoms with Crippen LogP contribution in [0.4, 0.5) is 0 Å². The standard InChI is InChI=1S/C27H27N3O4/c31-25(14-8-3-9-19-28-26(32)22-10-4-1-5-11-22)30-29-20-21-15-17-24(18-16-21)34-27(33)23-12-6-2-7-13-23/h1-2,4-7,10-13,15-18,20H,3,8-9,14,19H2,(H,28,32)(H,30,31). The molecule has 7 nitrogen and oxygen atoms in total. The van der Waals surface area contributed by atoms with E-state index in [1.807, 2.05) is 24.3 Å². The molecule has 34 heavy (non-hydrogen) atoms. The Morgan fingerprint density at radius 2 is 1.41 bits per heavy atom. The zero-order chi connectivity index (χ0) is 24.0. The van der Waals surface area contributed by atoms with Gasteiger partial charge in [-0.25, -0.2) is 10.2 Å². The summed E-state index contributed by atoms with van der Waals surface area (Å²) < 4.78 is 5.33. The van der Waals surface area contributed by atoms with Crippen molar-refractivity contribution in [1.29, 1.82) is 0 Å². The smallest absolute Gasteiger partial charge is 0.343 e. The fraction of sp³-hybridized carbons (Fsp3) is 0.185. The van der Waals surface area contributed by atoms with Gasteiger partial charge < -0.3 is 10.1 Å². The van der Waals surface area contributed by atoms with Crippen molar-refractivity contribution in [2.24, 2.45) is 5.10 Å². The Morgan fingerprint density at radius 3 is 2.09 bits per heavy atom. The summed E-state index contributed by atoms with van der Waals surface area (Å²) in [6, 6.07) is 24.7. The van der Waals surface area contributed by atoms with E-state index < -0.39 is 5.97 Å². The lowest BCUT2D eigenvalue weighted by molar-refractivity contribution is -0.121. The second-order valence-electron chi connectivity index (χ2n) is 7.55. The third kappa shape index (κ3) is 8.35. The van der Waals surface area contributed by atoms with Crippen LogP contribution in [0.25, 0.3) is 0 Å². The third-order valence-electron chi connectivity index (χ3n) is 4.91. The average Bonchev–Trinajstić information content (AvgIpc) is 2.88. The highest BCUT2D eigenvalue weighted by atomic mass is 16.5. The molecule has 0 fully saturated rings. The molecule has 0 atom stereocenters. The number of esters is 1. The zero-order valence-corrected chi connectivity index (χ0v) is 18.8. The summed E-state index contributed by atoms with van der Waals surface area (Å²) in [6.07, 6.45) is 4.23. The molecule has 0 aliphatic rings. The van der Waals surface area contributed by atoms with E-state index in [1.54, 1.807) is 60.7 Å². The molecule has 0 unspecified atom stereocenters. The van der Waals surface area contributed by atoms with Gasteiger partial charge in [0.05, 0.1) is 11.8 Å². The van der Waals surface area contributed by atoms with Gasteiger partial charge in [0, 0.05) is 18.5 Å². The van der Waals surface area contributed by atoms with Crippen molar-refractivity contribution in [2.75, 3.05) is 6.54 Å². The highest BCUT2D eigenvalue weighted by Gasteiger charge is 2.07. The van der Waals surface area contributed by atoms with E-state index in [-0.39, 0.29) is 11.8 Å². The number of nitrogens with zero attached hydrogens (tertiary/aromatic N) is 1. The number of amides is 2. The van der Waals surface area contributed by atoms with Gasteiger partial charge in [-0.05, 0) is 66.9 Å². The molecule has 0 saturated carbocycles. The molecule has 2 amide bonds. The maximum atomic E-state index is 12.1. The van der Waals surface area contributed by atoms with E-state index in [9.17, 15) is 14.4 Å². The van der Waals surface area contributed by atoms with Gasteiger partial charge in [0.2, 0.25) is 5.91 Å². The van der Waals surface area contributed by atoms with Crippen LogP contribution in [0.3, 0.4) is 0 Å². The number of rotatable bonds is 11. The molecule has 0 aliphatic carbocycles. The van der Waals surface area contributed by atoms with Crippen molar-refractivity contribution in [1.82, 2.24) is 10.7 Å². The summed E-state index contributed by atoms with van der Waals surface area (Å²) in [6.45, 7) is 0.574. The van der Waals surface area contributed by atoms with Crippen molar-refractivity contribution in [2.45, 2.75) is 25.7 Å². The van der Waals surface area contributed by atoms with Gasteiger partial charge in [-0.2, -0.15) is 5.10 Å². The second-order valence-corrected chi connectivity index (χ2v) is 7.55. The number of benzene rings is 3. The largest absolute Gasteiger partial charge is 0.423 e. The number of carbonyl (C=O) groups excluding carboxylic acids is 3. The summed E-state index contributed by atoms with van der Waals surface area (Å²) in [4.78, 5) is 35.9. The van der Waals surface area contributed by atoms with Crippen LogP contribution in [0.15, 0.2) is 90.0 Å². The van der Waals surface area contributed by atoms with Gasteiger partial charge in [-0.1, -0.05) is 42.8 Å². The van der Waals surface area contributed by atoms with Crippen molar-refractivity contribution < 1.29 is 19.1 Å². The highest BCUT2D eigenvalue weighted by Crippen LogP contribution is 2.13. The van der Waals surface area contributed by atoms with Crippen LogP contribution in [0.5, 0.6) is 5.75 Å². The number of hydrogen-bond donors (Lipinski definition) is 2. The quantitative estimate of drug-likeness (QED) is 0.147. The molecule has 0 aliphatic heterocycles. The molecular weight excluding hydrogens is 430 g/mol. The van der Waals surface area contributed by atoms with Crippen molar-refractivity contribution >= 4 is 24.0 Å². The topological polar surface area (TPSA) is 96.9 Å². The minimum Gasteiger partial charge on any atom is -0.423 e. The van der Waals surface area contributed by atoms with Crippen molar-refractivity contribution in [3.05, 3.63) is 102 Å². The monoisotopic (exact) mass is 457 g/mol. The van der Waals surface area contributed by atoms with E-state index in [4.69, 9.17) is 4.74 Å². The predicted molar refractivity (Wildman–Crippen MR) is 131 cm³/mol. The normalized spacial score (nSPS) is 10.6. The molecule has 0 spiro atoms. The molecule has 0 heterocycles. The van der Waals surface area contributed by atoms with E-state index in [0.29, 0.717) is 36.3 Å². The van der Waals surface area contributed by atoms with E-state index in [0.717, 1.165) is 18.4 Å². The summed E-state index contributed by atoms with van der Waals surface area (Å²) in [5.41, 5.74) is 4.38. The van der Waals surface area contributed by atoms with Gasteiger partial charge in [-0.3, -0.25) is 9.59 Å². The second kappa shape index (κ2) is 13.3. The molecular formula is C27H27N3O4. The maximum Gasteiger partial charge on any atom is 0.343 e. The Hall–Kier alpha value is -4.26. The van der Waals surface area contributed by atoms with E-state index >= 15 is 0 Å². The molecule has 3 aromatic rings. The SMILES string of the molecule is O=C(CCCCCNC(=O)c1ccccc1)NN=Cc1ccc(OC(=O)c2ccccc2)cc1. The maximum absolute atomic E-state index is 12.1. The van der Waals surface area contributed by atoms with Crippen LogP contribution in [-0.4, -0.2) is 30.5 Å². The molecule has 3 aromatic carbocycles. The molecule has 174 valence electrons. The first-order chi connectivity index (χ1) is 16.6. The Labute approximate surface area is 198 Å². The number of nitrogens with one attached hydrogen (secondary N) is 2. The van der Waals surface area contributed by atoms with Gasteiger partial charge in [0.15, 0.2) is 0 Å². The summed E-state index contributed by atoms with van der Waals surface area (Å²) in [7, 11) is 0. The van der Waals surface area contributed by atoms with Crippen molar-refractivity contribution in [3.8, 4) is 5.75 Å². The van der Waals surface area contributed by atoms with Gasteiger partial charge in [0.1, 0.15) is 5.75 Å². The number of carbonyl (C=O) groups is 3. The Balaban J connectivity index is 1.28. The summed E-state index contributed by atoms with van der Waals surface area (Å²) >= 11 is 0. The zero-order valence-electron chi connectivity index (χ0n) is 18.8. The van der Waals surface area contributed by atoms with Crippen molar-refractivity contribution in [3.63, 3.8) is 0 Å². The summed E-state index contributed by atoms with van der Waals surface area (Å²) in [5.74, 6) is -0.254. The average molecular weight is 458 g/mol. The Kier molecular flexibility index (Phi) is 9.56. The molecule has 0 bridgehead atoms. The lowest BCUT2D eigenvalue weighted by Gasteiger charge is -2.05. The van der Waals surface area contributed by atoms with Crippen LogP contribution in [0, 0.1) is 0 Å². The lowest BCUT2D eigenvalue weighted by atomic mass is 10.2. The van der Waals surface area contributed by atoms with Crippen LogP contribution in [-0.2, 0) is 4.79 Å². The number of hydrazone groups is 1. The van der Waals surface area contributed by atoms with E-state index in [2.05, 4.69) is 15.8 Å². The van der Waals surface area contributed by atoms with Crippen LogP contribution >= 0.6 is 0 Å². The van der Waals surface area contributed by atoms with Crippen LogP contribution in [0.2, 0.25) is 0 Å². The molecule has 7 heteroatoms. The van der Waals surface area contributed by atoms with Crippen LogP contribution in [0.1, 0.15) is 52.0 Å². The molecule has 0 saturated heterocycles. The number of hydrogen-bond acceptors (Lipinski definition) is 5. The van der Waals surface area contributed by atoms with Gasteiger partial charge in [0.25, 0.3) is 5.91 Å². The molecule has 2 N–H and O–H groups in total. The number of unbranched alkanes of at least 4 members (excludes halogenated alkanes) is 2. The first-order valence-corrected chi connectivity index (χ1v) is 11.1. The Bertz CT molecular complexity index is 1100. The van der Waals surface area contributed by atoms with E-state index in [1.165, 1.54) is 6.21 Å². The minimum absolute atomic E-state index is 0.0879. The molecule has 0 radical (unpaired) electrons. The molecule has 3 rings (SSSR count). The lowest BCUT2D eigenvalue weighted by Crippen LogP contribution is -2.24. The first-order valence-electron chi connectivity index (χ1n) is 11.1. The van der Waals surface area contributed by atoms with Gasteiger partial charge in [-0.15, -0.1) is 0 Å². The molecule has 0 aromatic heterocycles. The van der Waals surface area contributed by atoms with Gasteiger partial charge >= 0.3 is 5.97 Å². The minimum atomic E-state index is -0.423. The predicted octanol–water partition coefficient (Wildman–Crippen LogP) is 4.35. The Morgan fingerprint density at radius 1 is 0.765 bits per heavy atom. The number of ether oxygens (including phenoxy) is 1. The first kappa shape index (κ1) is 24.4. The van der Waals surface area contributed by atoms with Crippen LogP contribution < -0.4 is 15.5 Å². The third-order valence-corrected chi connectivity index (χ3v) is 4.91.